The zero-order chi connectivity index (χ0) is 15.5. The van der Waals surface area contributed by atoms with E-state index in [1.807, 2.05) is 0 Å². The van der Waals surface area contributed by atoms with E-state index in [0.717, 1.165) is 19.3 Å². The largest absolute Gasteiger partial charge is 0.323 e. The number of rotatable bonds is 2. The van der Waals surface area contributed by atoms with Gasteiger partial charge in [0.1, 0.15) is 6.54 Å². The topological polar surface area (TPSA) is 73.2 Å². The predicted molar refractivity (Wildman–Crippen MR) is 83.2 cm³/mol. The van der Waals surface area contributed by atoms with E-state index in [4.69, 9.17) is 5.26 Å². The van der Waals surface area contributed by atoms with Crippen molar-refractivity contribution in [1.82, 2.24) is 0 Å². The lowest BCUT2D eigenvalue weighted by atomic mass is 9.92. The first kappa shape index (κ1) is 14.3. The molecule has 1 heterocycles. The van der Waals surface area contributed by atoms with Crippen molar-refractivity contribution in [2.45, 2.75) is 25.7 Å². The monoisotopic (exact) mass is 295 g/mol. The van der Waals surface area contributed by atoms with Crippen LogP contribution in [-0.2, 0) is 9.59 Å². The van der Waals surface area contributed by atoms with Gasteiger partial charge in [0.2, 0.25) is 11.8 Å². The number of allylic oxidation sites excluding steroid dienone is 2. The highest BCUT2D eigenvalue weighted by atomic mass is 16.2. The summed E-state index contributed by atoms with van der Waals surface area (Å²) in [6.07, 6.45) is 7.80. The fourth-order valence-corrected chi connectivity index (χ4v) is 2.96. The van der Waals surface area contributed by atoms with Gasteiger partial charge < -0.3 is 10.2 Å². The van der Waals surface area contributed by atoms with Crippen molar-refractivity contribution < 1.29 is 9.59 Å². The van der Waals surface area contributed by atoms with E-state index in [2.05, 4.69) is 23.5 Å². The Morgan fingerprint density at radius 1 is 1.45 bits per heavy atom. The van der Waals surface area contributed by atoms with Crippen molar-refractivity contribution in [3.8, 4) is 6.07 Å². The number of nitrogens with zero attached hydrogens (tertiary/aromatic N) is 2. The fraction of sp³-hybridized carbons (Fsp3) is 0.353. The summed E-state index contributed by atoms with van der Waals surface area (Å²) in [7, 11) is 0. The Morgan fingerprint density at radius 3 is 3.05 bits per heavy atom. The van der Waals surface area contributed by atoms with Crippen LogP contribution in [0.2, 0.25) is 0 Å². The second-order valence-electron chi connectivity index (χ2n) is 5.70. The zero-order valence-electron chi connectivity index (χ0n) is 12.2. The second-order valence-corrected chi connectivity index (χ2v) is 5.70. The van der Waals surface area contributed by atoms with Crippen molar-refractivity contribution in [3.63, 3.8) is 0 Å². The van der Waals surface area contributed by atoms with Crippen molar-refractivity contribution in [2.24, 2.45) is 5.92 Å². The van der Waals surface area contributed by atoms with Crippen LogP contribution in [0, 0.1) is 17.2 Å². The molecule has 0 saturated carbocycles. The van der Waals surface area contributed by atoms with Crippen molar-refractivity contribution in [1.29, 1.82) is 5.26 Å². The predicted octanol–water partition coefficient (Wildman–Crippen LogP) is 2.59. The Kier molecular flexibility index (Phi) is 3.92. The summed E-state index contributed by atoms with van der Waals surface area (Å²) in [5.41, 5.74) is 1.68. The number of carbonyl (C=O) groups is 2. The molecule has 0 fully saturated rings. The summed E-state index contributed by atoms with van der Waals surface area (Å²) in [4.78, 5) is 25.9. The molecule has 1 N–H and O–H groups in total. The molecule has 2 amide bonds. The van der Waals surface area contributed by atoms with Crippen molar-refractivity contribution in [2.75, 3.05) is 16.8 Å². The van der Waals surface area contributed by atoms with Gasteiger partial charge >= 0.3 is 0 Å². The number of nitriles is 1. The highest BCUT2D eigenvalue weighted by Crippen LogP contribution is 2.32. The highest BCUT2D eigenvalue weighted by molar-refractivity contribution is 6.10. The van der Waals surface area contributed by atoms with Gasteiger partial charge in [-0.15, -0.1) is 0 Å². The number of carbonyl (C=O) groups excluding carboxylic acids is 2. The average Bonchev–Trinajstić information content (AvgIpc) is 2.54. The molecule has 2 aliphatic rings. The Labute approximate surface area is 129 Å². The van der Waals surface area contributed by atoms with Gasteiger partial charge in [-0.25, -0.2) is 0 Å². The minimum absolute atomic E-state index is 0.0111. The standard InChI is InChI=1S/C17H17N3O2/c18-10-13-6-7-14-15(8-13)20(11-16(21)19-14)17(22)9-12-4-2-1-3-5-12/h2,4,6-8,12H,1,3,5,9,11H2,(H,19,21). The fourth-order valence-electron chi connectivity index (χ4n) is 2.96. The van der Waals surface area contributed by atoms with Gasteiger partial charge in [-0.3, -0.25) is 9.59 Å². The molecule has 22 heavy (non-hydrogen) atoms. The minimum atomic E-state index is -0.204. The maximum Gasteiger partial charge on any atom is 0.244 e. The number of hydrogen-bond donors (Lipinski definition) is 1. The summed E-state index contributed by atoms with van der Waals surface area (Å²) in [6, 6.07) is 7.03. The number of fused-ring (bicyclic) bond motifs is 1. The van der Waals surface area contributed by atoms with Crippen LogP contribution in [0.5, 0.6) is 0 Å². The molecule has 5 heteroatoms. The van der Waals surface area contributed by atoms with Gasteiger partial charge in [0.25, 0.3) is 0 Å². The minimum Gasteiger partial charge on any atom is -0.323 e. The zero-order valence-corrected chi connectivity index (χ0v) is 12.2. The molecule has 0 bridgehead atoms. The quantitative estimate of drug-likeness (QED) is 0.852. The first-order chi connectivity index (χ1) is 10.7. The van der Waals surface area contributed by atoms with Crippen molar-refractivity contribution >= 4 is 23.2 Å². The molecule has 1 aromatic carbocycles. The summed E-state index contributed by atoms with van der Waals surface area (Å²) in [6.45, 7) is 0.0111. The number of hydrogen-bond acceptors (Lipinski definition) is 3. The van der Waals surface area contributed by atoms with Crippen LogP contribution in [0.15, 0.2) is 30.4 Å². The van der Waals surface area contributed by atoms with Gasteiger partial charge in [0.15, 0.2) is 0 Å². The number of amides is 2. The van der Waals surface area contributed by atoms with E-state index in [-0.39, 0.29) is 24.3 Å². The molecule has 1 unspecified atom stereocenters. The lowest BCUT2D eigenvalue weighted by Crippen LogP contribution is -2.42. The molecule has 0 radical (unpaired) electrons. The van der Waals surface area contributed by atoms with Crippen LogP contribution in [0.25, 0.3) is 0 Å². The molecular formula is C17H17N3O2. The Morgan fingerprint density at radius 2 is 2.32 bits per heavy atom. The third-order valence-electron chi connectivity index (χ3n) is 4.09. The molecule has 0 saturated heterocycles. The van der Waals surface area contributed by atoms with E-state index in [1.54, 1.807) is 18.2 Å². The molecule has 3 rings (SSSR count). The Bertz CT molecular complexity index is 688. The second kappa shape index (κ2) is 6.02. The first-order valence-corrected chi connectivity index (χ1v) is 7.48. The average molecular weight is 295 g/mol. The smallest absolute Gasteiger partial charge is 0.244 e. The SMILES string of the molecule is N#Cc1ccc2c(c1)N(C(=O)CC1C=CCCC1)CC(=O)N2. The lowest BCUT2D eigenvalue weighted by molar-refractivity contribution is -0.122. The molecule has 0 spiro atoms. The number of nitrogens with one attached hydrogen (secondary N) is 1. The third-order valence-corrected chi connectivity index (χ3v) is 4.09. The van der Waals surface area contributed by atoms with E-state index >= 15 is 0 Å². The Balaban J connectivity index is 1.85. The molecule has 1 aliphatic heterocycles. The lowest BCUT2D eigenvalue weighted by Gasteiger charge is -2.30. The first-order valence-electron chi connectivity index (χ1n) is 7.48. The van der Waals surface area contributed by atoms with Gasteiger partial charge in [-0.05, 0) is 43.4 Å². The maximum atomic E-state index is 12.6. The van der Waals surface area contributed by atoms with E-state index < -0.39 is 0 Å². The summed E-state index contributed by atoms with van der Waals surface area (Å²) >= 11 is 0. The maximum absolute atomic E-state index is 12.6. The van der Waals surface area contributed by atoms with Crippen LogP contribution in [0.1, 0.15) is 31.2 Å². The molecule has 0 aromatic heterocycles. The Hall–Kier alpha value is -2.61. The molecule has 5 nitrogen and oxygen atoms in total. The highest BCUT2D eigenvalue weighted by Gasteiger charge is 2.28. The van der Waals surface area contributed by atoms with Crippen LogP contribution in [0.4, 0.5) is 11.4 Å². The van der Waals surface area contributed by atoms with Gasteiger partial charge in [-0.2, -0.15) is 5.26 Å². The van der Waals surface area contributed by atoms with Gasteiger partial charge in [0.05, 0.1) is 23.0 Å². The normalized spacial score (nSPS) is 20.0. The molecule has 1 aromatic rings. The van der Waals surface area contributed by atoms with Crippen LogP contribution in [0.3, 0.4) is 0 Å². The number of benzene rings is 1. The van der Waals surface area contributed by atoms with E-state index in [1.165, 1.54) is 4.90 Å². The molecule has 1 atom stereocenters. The third kappa shape index (κ3) is 2.86. The van der Waals surface area contributed by atoms with Gasteiger partial charge in [-0.1, -0.05) is 12.2 Å². The van der Waals surface area contributed by atoms with Crippen LogP contribution < -0.4 is 10.2 Å². The number of anilines is 2. The molecule has 1 aliphatic carbocycles. The van der Waals surface area contributed by atoms with Crippen LogP contribution in [-0.4, -0.2) is 18.4 Å². The van der Waals surface area contributed by atoms with E-state index in [9.17, 15) is 9.59 Å². The van der Waals surface area contributed by atoms with Gasteiger partial charge in [0, 0.05) is 6.42 Å². The van der Waals surface area contributed by atoms with Crippen LogP contribution >= 0.6 is 0 Å². The van der Waals surface area contributed by atoms with Crippen molar-refractivity contribution in [3.05, 3.63) is 35.9 Å². The summed E-state index contributed by atoms with van der Waals surface area (Å²) in [5.74, 6) is -0.0266. The van der Waals surface area contributed by atoms with E-state index in [0.29, 0.717) is 23.4 Å². The summed E-state index contributed by atoms with van der Waals surface area (Å²) in [5, 5.41) is 11.8. The summed E-state index contributed by atoms with van der Waals surface area (Å²) < 4.78 is 0. The molecular weight excluding hydrogens is 278 g/mol. The molecule has 112 valence electrons.